The van der Waals surface area contributed by atoms with Crippen LogP contribution in [0.1, 0.15) is 62.8 Å². The zero-order valence-corrected chi connectivity index (χ0v) is 17.7. The van der Waals surface area contributed by atoms with Gasteiger partial charge in [0.25, 0.3) is 11.8 Å². The molecule has 2 aromatic rings. The Morgan fingerprint density at radius 2 is 1.86 bits per heavy atom. The molecule has 0 radical (unpaired) electrons. The third-order valence-electron chi connectivity index (χ3n) is 5.26. The van der Waals surface area contributed by atoms with Crippen molar-refractivity contribution in [2.75, 3.05) is 25.6 Å². The number of hydrogen-bond donors (Lipinski definition) is 2. The van der Waals surface area contributed by atoms with Gasteiger partial charge in [0.05, 0.1) is 5.69 Å². The minimum atomic E-state index is -0.276. The summed E-state index contributed by atoms with van der Waals surface area (Å²) >= 11 is 0. The van der Waals surface area contributed by atoms with Crippen LogP contribution in [0.25, 0.3) is 0 Å². The van der Waals surface area contributed by atoms with Crippen LogP contribution in [0.5, 0.6) is 0 Å². The minimum absolute atomic E-state index is 0.228. The Hall–Kier alpha value is -2.67. The van der Waals surface area contributed by atoms with Crippen LogP contribution in [0.3, 0.4) is 0 Å². The van der Waals surface area contributed by atoms with Gasteiger partial charge in [0.1, 0.15) is 5.69 Å². The highest BCUT2D eigenvalue weighted by atomic mass is 16.5. The summed E-state index contributed by atoms with van der Waals surface area (Å²) in [5, 5.41) is 5.90. The predicted molar refractivity (Wildman–Crippen MR) is 113 cm³/mol. The first-order chi connectivity index (χ1) is 13.9. The van der Waals surface area contributed by atoms with E-state index in [0.29, 0.717) is 31.2 Å². The van der Waals surface area contributed by atoms with E-state index in [-0.39, 0.29) is 11.8 Å². The normalized spacial score (nSPS) is 13.1. The molecule has 2 N–H and O–H groups in total. The highest BCUT2D eigenvalue weighted by Gasteiger charge is 2.27. The molecule has 0 spiro atoms. The number of aryl methyl sites for hydroxylation is 3. The van der Waals surface area contributed by atoms with Crippen molar-refractivity contribution in [1.82, 2.24) is 14.9 Å². The second-order valence-electron chi connectivity index (χ2n) is 7.67. The molecule has 7 nitrogen and oxygen atoms in total. The number of fused-ring (bicyclic) bond motifs is 1. The molecule has 29 heavy (non-hydrogen) atoms. The number of nitrogens with zero attached hydrogens (tertiary/aromatic N) is 2. The van der Waals surface area contributed by atoms with Crippen LogP contribution in [0.2, 0.25) is 0 Å². The van der Waals surface area contributed by atoms with E-state index in [0.717, 1.165) is 53.8 Å². The van der Waals surface area contributed by atoms with Gasteiger partial charge in [-0.25, -0.2) is 4.98 Å². The van der Waals surface area contributed by atoms with E-state index < -0.39 is 0 Å². The molecule has 0 atom stereocenters. The molecule has 2 amide bonds. The fourth-order valence-corrected chi connectivity index (χ4v) is 3.95. The average molecular weight is 399 g/mol. The van der Waals surface area contributed by atoms with Gasteiger partial charge in [-0.05, 0) is 57.6 Å². The quantitative estimate of drug-likeness (QED) is 0.702. The molecule has 0 fully saturated rings. The Balaban J connectivity index is 1.85. The number of imidazole rings is 1. The molecule has 0 saturated carbocycles. The van der Waals surface area contributed by atoms with Crippen LogP contribution >= 0.6 is 0 Å². The summed E-state index contributed by atoms with van der Waals surface area (Å²) in [6.07, 6.45) is 3.45. The number of carbonyl (C=O) groups excluding carboxylic acids is 2. The maximum Gasteiger partial charge on any atom is 0.291 e. The van der Waals surface area contributed by atoms with Gasteiger partial charge in [0.15, 0.2) is 5.82 Å². The zero-order chi connectivity index (χ0) is 21.0. The predicted octanol–water partition coefficient (Wildman–Crippen LogP) is 3.16. The van der Waals surface area contributed by atoms with Crippen LogP contribution in [0.4, 0.5) is 5.69 Å². The average Bonchev–Trinajstić information content (AvgIpc) is 3.08. The number of rotatable bonds is 7. The molecule has 7 heteroatoms. The maximum atomic E-state index is 13.1. The fourth-order valence-electron chi connectivity index (χ4n) is 3.95. The van der Waals surface area contributed by atoms with E-state index in [1.165, 1.54) is 0 Å². The van der Waals surface area contributed by atoms with E-state index in [1.807, 2.05) is 37.5 Å². The van der Waals surface area contributed by atoms with Gasteiger partial charge in [-0.15, -0.1) is 0 Å². The third kappa shape index (κ3) is 4.67. The summed E-state index contributed by atoms with van der Waals surface area (Å²) in [5.41, 5.74) is 5.20. The van der Waals surface area contributed by atoms with E-state index >= 15 is 0 Å². The number of amides is 2. The number of methoxy groups -OCH3 is 1. The van der Waals surface area contributed by atoms with Gasteiger partial charge < -0.3 is 19.9 Å². The summed E-state index contributed by atoms with van der Waals surface area (Å²) < 4.78 is 6.92. The minimum Gasteiger partial charge on any atom is -0.385 e. The Morgan fingerprint density at radius 3 is 2.55 bits per heavy atom. The Morgan fingerprint density at radius 1 is 1.14 bits per heavy atom. The number of benzene rings is 1. The first-order valence-electron chi connectivity index (χ1n) is 10.2. The lowest BCUT2D eigenvalue weighted by molar-refractivity contribution is 0.0942. The molecule has 156 valence electrons. The van der Waals surface area contributed by atoms with Crippen molar-refractivity contribution in [2.45, 2.75) is 53.0 Å². The Bertz CT molecular complexity index is 894. The largest absolute Gasteiger partial charge is 0.385 e. The molecular formula is C22H30N4O3. The summed E-state index contributed by atoms with van der Waals surface area (Å²) in [4.78, 5) is 30.2. The standard InChI is InChI=1S/C22H30N4O3/c1-14-12-15(2)18(16(3)13-14)25-22(28)20-24-19(17-8-5-6-10-26(17)20)21(27)23-9-7-11-29-4/h12-13H,5-11H2,1-4H3,(H,23,27)(H,25,28). The lowest BCUT2D eigenvalue weighted by Crippen LogP contribution is -2.27. The van der Waals surface area contributed by atoms with Crippen molar-refractivity contribution in [1.29, 1.82) is 0 Å². The van der Waals surface area contributed by atoms with Crippen molar-refractivity contribution >= 4 is 17.5 Å². The van der Waals surface area contributed by atoms with Crippen LogP contribution in [0, 0.1) is 20.8 Å². The number of carbonyl (C=O) groups is 2. The second-order valence-corrected chi connectivity index (χ2v) is 7.67. The van der Waals surface area contributed by atoms with Gasteiger partial charge in [-0.2, -0.15) is 0 Å². The summed E-state index contributed by atoms with van der Waals surface area (Å²) in [6.45, 7) is 7.81. The molecule has 1 aromatic carbocycles. The molecule has 1 aliphatic heterocycles. The number of ether oxygens (including phenoxy) is 1. The van der Waals surface area contributed by atoms with Crippen molar-refractivity contribution in [3.05, 3.63) is 46.0 Å². The van der Waals surface area contributed by atoms with Crippen LogP contribution in [0.15, 0.2) is 12.1 Å². The highest BCUT2D eigenvalue weighted by Crippen LogP contribution is 2.25. The number of anilines is 1. The first-order valence-corrected chi connectivity index (χ1v) is 10.2. The first kappa shape index (κ1) is 21.0. The van der Waals surface area contributed by atoms with Crippen LogP contribution in [-0.2, 0) is 17.7 Å². The Kier molecular flexibility index (Phi) is 6.69. The number of nitrogens with one attached hydrogen (secondary N) is 2. The summed E-state index contributed by atoms with van der Waals surface area (Å²) in [5.74, 6) is -0.198. The fraction of sp³-hybridized carbons (Fsp3) is 0.500. The van der Waals surface area contributed by atoms with Gasteiger partial charge in [0, 0.05) is 32.5 Å². The Labute approximate surface area is 171 Å². The van der Waals surface area contributed by atoms with E-state index in [2.05, 4.69) is 15.6 Å². The molecule has 3 rings (SSSR count). The molecule has 2 heterocycles. The topological polar surface area (TPSA) is 85.2 Å². The van der Waals surface area contributed by atoms with Crippen molar-refractivity contribution in [3.63, 3.8) is 0 Å². The zero-order valence-electron chi connectivity index (χ0n) is 17.7. The van der Waals surface area contributed by atoms with Gasteiger partial charge in [0.2, 0.25) is 0 Å². The monoisotopic (exact) mass is 398 g/mol. The van der Waals surface area contributed by atoms with E-state index in [4.69, 9.17) is 4.74 Å². The SMILES string of the molecule is COCCCNC(=O)c1nc(C(=O)Nc2c(C)cc(C)cc2C)n2c1CCCC2. The van der Waals surface area contributed by atoms with E-state index in [1.54, 1.807) is 7.11 Å². The van der Waals surface area contributed by atoms with Crippen molar-refractivity contribution in [3.8, 4) is 0 Å². The maximum absolute atomic E-state index is 13.1. The second kappa shape index (κ2) is 9.22. The third-order valence-corrected chi connectivity index (χ3v) is 5.26. The highest BCUT2D eigenvalue weighted by molar-refractivity contribution is 6.04. The lowest BCUT2D eigenvalue weighted by Gasteiger charge is -2.18. The smallest absolute Gasteiger partial charge is 0.291 e. The van der Waals surface area contributed by atoms with Crippen LogP contribution < -0.4 is 10.6 Å². The number of aromatic nitrogens is 2. The van der Waals surface area contributed by atoms with Gasteiger partial charge in [-0.3, -0.25) is 9.59 Å². The molecule has 1 aromatic heterocycles. The summed E-state index contributed by atoms with van der Waals surface area (Å²) in [6, 6.07) is 4.09. The van der Waals surface area contributed by atoms with Crippen LogP contribution in [-0.4, -0.2) is 41.6 Å². The van der Waals surface area contributed by atoms with Crippen molar-refractivity contribution in [2.24, 2.45) is 0 Å². The van der Waals surface area contributed by atoms with Gasteiger partial charge in [-0.1, -0.05) is 17.7 Å². The number of hydrogen-bond acceptors (Lipinski definition) is 4. The molecule has 0 aliphatic carbocycles. The summed E-state index contributed by atoms with van der Waals surface area (Å²) in [7, 11) is 1.63. The lowest BCUT2D eigenvalue weighted by atomic mass is 10.1. The molecular weight excluding hydrogens is 368 g/mol. The molecule has 0 unspecified atom stereocenters. The molecule has 0 saturated heterocycles. The van der Waals surface area contributed by atoms with Gasteiger partial charge >= 0.3 is 0 Å². The molecule has 1 aliphatic rings. The van der Waals surface area contributed by atoms with E-state index in [9.17, 15) is 9.59 Å². The molecule has 0 bridgehead atoms. The van der Waals surface area contributed by atoms with Crippen molar-refractivity contribution < 1.29 is 14.3 Å².